The third-order valence-electron chi connectivity index (χ3n) is 6.50. The molecule has 0 atom stereocenters. The first-order chi connectivity index (χ1) is 14.9. The molecule has 3 heterocycles. The molecule has 0 unspecified atom stereocenters. The van der Waals surface area contributed by atoms with Gasteiger partial charge in [0.05, 0.1) is 12.2 Å². The van der Waals surface area contributed by atoms with Crippen molar-refractivity contribution in [3.8, 4) is 11.3 Å². The zero-order valence-corrected chi connectivity index (χ0v) is 19.0. The first-order valence-electron chi connectivity index (χ1n) is 11.4. The second kappa shape index (κ2) is 8.91. The molecular formula is C26H32FN3O. The number of aryl methyl sites for hydroxylation is 1. The van der Waals surface area contributed by atoms with Crippen LogP contribution in [0.25, 0.3) is 22.2 Å². The quantitative estimate of drug-likeness (QED) is 0.500. The number of carbonyl (C=O) groups is 1. The van der Waals surface area contributed by atoms with Crippen molar-refractivity contribution in [1.29, 1.82) is 0 Å². The molecule has 0 spiro atoms. The van der Waals surface area contributed by atoms with Gasteiger partial charge in [-0.25, -0.2) is 4.98 Å². The van der Waals surface area contributed by atoms with Gasteiger partial charge in [0.1, 0.15) is 5.78 Å². The molecule has 0 aliphatic carbocycles. The molecule has 0 bridgehead atoms. The van der Waals surface area contributed by atoms with Crippen LogP contribution in [0, 0.1) is 12.9 Å². The zero-order chi connectivity index (χ0) is 22.1. The van der Waals surface area contributed by atoms with E-state index >= 15 is 0 Å². The van der Waals surface area contributed by atoms with E-state index in [1.54, 1.807) is 0 Å². The average Bonchev–Trinajstić information content (AvgIpc) is 3.12. The first-order valence-corrected chi connectivity index (χ1v) is 11.4. The van der Waals surface area contributed by atoms with E-state index in [-0.39, 0.29) is 0 Å². The van der Waals surface area contributed by atoms with Crippen LogP contribution in [0.4, 0.5) is 4.39 Å². The van der Waals surface area contributed by atoms with E-state index in [0.29, 0.717) is 36.3 Å². The van der Waals surface area contributed by atoms with E-state index in [0.717, 1.165) is 42.7 Å². The van der Waals surface area contributed by atoms with Gasteiger partial charge in [-0.15, -0.1) is 0 Å². The van der Waals surface area contributed by atoms with Crippen LogP contribution < -0.4 is 0 Å². The summed E-state index contributed by atoms with van der Waals surface area (Å²) >= 11 is 0. The number of aromatic amines is 1. The summed E-state index contributed by atoms with van der Waals surface area (Å²) in [5.41, 5.74) is 6.19. The van der Waals surface area contributed by atoms with E-state index in [9.17, 15) is 9.18 Å². The summed E-state index contributed by atoms with van der Waals surface area (Å²) in [4.78, 5) is 21.5. The SMILES string of the molecule is CCC(=O)CN1CCC(c2ccc3[nH]c(-c4cc(C)nc(F)c4)c(C(C)C)c3c2)CC1. The number of halogens is 1. The number of nitrogens with one attached hydrogen (secondary N) is 1. The summed E-state index contributed by atoms with van der Waals surface area (Å²) in [5, 5.41) is 1.22. The number of fused-ring (bicyclic) bond motifs is 1. The molecule has 4 nitrogen and oxygen atoms in total. The highest BCUT2D eigenvalue weighted by molar-refractivity contribution is 5.92. The molecular weight excluding hydrogens is 389 g/mol. The molecule has 2 aromatic heterocycles. The minimum atomic E-state index is -0.447. The topological polar surface area (TPSA) is 49.0 Å². The summed E-state index contributed by atoms with van der Waals surface area (Å²) < 4.78 is 14.0. The minimum absolute atomic E-state index is 0.303. The van der Waals surface area contributed by atoms with Gasteiger partial charge in [-0.05, 0) is 74.0 Å². The normalized spacial score (nSPS) is 15.8. The number of Topliss-reactive ketones (excluding diaryl/α,β-unsaturated/α-hetero) is 1. The van der Waals surface area contributed by atoms with E-state index in [1.807, 2.05) is 19.9 Å². The van der Waals surface area contributed by atoms with E-state index in [2.05, 4.69) is 46.9 Å². The third-order valence-corrected chi connectivity index (χ3v) is 6.50. The summed E-state index contributed by atoms with van der Waals surface area (Å²) in [6.07, 6.45) is 2.77. The van der Waals surface area contributed by atoms with Gasteiger partial charge in [0.15, 0.2) is 0 Å². The summed E-state index contributed by atoms with van der Waals surface area (Å²) in [6.45, 7) is 10.7. The number of hydrogen-bond donors (Lipinski definition) is 1. The van der Waals surface area contributed by atoms with Crippen molar-refractivity contribution in [3.63, 3.8) is 0 Å². The number of carbonyl (C=O) groups excluding carboxylic acids is 1. The number of pyridine rings is 1. The summed E-state index contributed by atoms with van der Waals surface area (Å²) in [6, 6.07) is 10.2. The molecule has 1 fully saturated rings. The lowest BCUT2D eigenvalue weighted by molar-refractivity contribution is -0.120. The highest BCUT2D eigenvalue weighted by Gasteiger charge is 2.23. The molecule has 1 N–H and O–H groups in total. The Bertz CT molecular complexity index is 1070. The van der Waals surface area contributed by atoms with Gasteiger partial charge in [-0.2, -0.15) is 4.39 Å². The maximum absolute atomic E-state index is 14.0. The number of H-pyrrole nitrogens is 1. The predicted molar refractivity (Wildman–Crippen MR) is 124 cm³/mol. The number of hydrogen-bond acceptors (Lipinski definition) is 3. The maximum Gasteiger partial charge on any atom is 0.213 e. The van der Waals surface area contributed by atoms with Gasteiger partial charge in [0.2, 0.25) is 5.95 Å². The highest BCUT2D eigenvalue weighted by Crippen LogP contribution is 2.38. The predicted octanol–water partition coefficient (Wildman–Crippen LogP) is 5.96. The van der Waals surface area contributed by atoms with Crippen LogP contribution in [0.2, 0.25) is 0 Å². The lowest BCUT2D eigenvalue weighted by atomic mass is 9.87. The van der Waals surface area contributed by atoms with Crippen LogP contribution >= 0.6 is 0 Å². The Hall–Kier alpha value is -2.53. The van der Waals surface area contributed by atoms with Gasteiger partial charge >= 0.3 is 0 Å². The molecule has 31 heavy (non-hydrogen) atoms. The Morgan fingerprint density at radius 3 is 2.61 bits per heavy atom. The van der Waals surface area contributed by atoms with Crippen LogP contribution in [-0.2, 0) is 4.79 Å². The number of ketones is 1. The molecule has 1 aromatic carbocycles. The Morgan fingerprint density at radius 2 is 1.97 bits per heavy atom. The van der Waals surface area contributed by atoms with Crippen molar-refractivity contribution >= 4 is 16.7 Å². The number of rotatable bonds is 6. The lowest BCUT2D eigenvalue weighted by Crippen LogP contribution is -2.36. The van der Waals surface area contributed by atoms with E-state index < -0.39 is 5.95 Å². The monoisotopic (exact) mass is 421 g/mol. The third kappa shape index (κ3) is 4.57. The summed E-state index contributed by atoms with van der Waals surface area (Å²) in [5.74, 6) is 0.690. The van der Waals surface area contributed by atoms with E-state index in [4.69, 9.17) is 0 Å². The molecule has 3 aromatic rings. The fourth-order valence-electron chi connectivity index (χ4n) is 4.87. The first kappa shape index (κ1) is 21.7. The molecule has 4 rings (SSSR count). The van der Waals surface area contributed by atoms with Gasteiger partial charge in [0.25, 0.3) is 0 Å². The van der Waals surface area contributed by atoms with Crippen LogP contribution in [0.15, 0.2) is 30.3 Å². The highest BCUT2D eigenvalue weighted by atomic mass is 19.1. The fourth-order valence-corrected chi connectivity index (χ4v) is 4.87. The van der Waals surface area contributed by atoms with Gasteiger partial charge < -0.3 is 4.98 Å². The number of nitrogens with zero attached hydrogens (tertiary/aromatic N) is 2. The van der Waals surface area contributed by atoms with Crippen molar-refractivity contribution in [2.75, 3.05) is 19.6 Å². The standard InChI is InChI=1S/C26H32FN3O/c1-5-21(31)15-30-10-8-18(9-11-30)19-6-7-23-22(13-19)25(16(2)3)26(29-23)20-12-17(4)28-24(27)14-20/h6-7,12-14,16,18,29H,5,8-11,15H2,1-4H3. The van der Waals surface area contributed by atoms with Crippen molar-refractivity contribution in [1.82, 2.24) is 14.9 Å². The lowest BCUT2D eigenvalue weighted by Gasteiger charge is -2.31. The number of benzene rings is 1. The van der Waals surface area contributed by atoms with Crippen LogP contribution in [0.5, 0.6) is 0 Å². The number of aromatic nitrogens is 2. The molecule has 0 amide bonds. The zero-order valence-electron chi connectivity index (χ0n) is 19.0. The second-order valence-corrected chi connectivity index (χ2v) is 9.14. The molecule has 164 valence electrons. The average molecular weight is 422 g/mol. The molecule has 1 aliphatic heterocycles. The van der Waals surface area contributed by atoms with Crippen molar-refractivity contribution in [3.05, 3.63) is 53.1 Å². The van der Waals surface area contributed by atoms with Gasteiger partial charge in [0, 0.05) is 34.6 Å². The number of piperidine rings is 1. The summed E-state index contributed by atoms with van der Waals surface area (Å²) in [7, 11) is 0. The Morgan fingerprint density at radius 1 is 1.23 bits per heavy atom. The molecule has 1 saturated heterocycles. The van der Waals surface area contributed by atoms with Crippen molar-refractivity contribution in [2.24, 2.45) is 0 Å². The molecule has 5 heteroatoms. The maximum atomic E-state index is 14.0. The van der Waals surface area contributed by atoms with Crippen molar-refractivity contribution < 1.29 is 9.18 Å². The molecule has 0 radical (unpaired) electrons. The largest absolute Gasteiger partial charge is 0.354 e. The molecule has 1 aliphatic rings. The van der Waals surface area contributed by atoms with Gasteiger partial charge in [-0.1, -0.05) is 26.8 Å². The smallest absolute Gasteiger partial charge is 0.213 e. The molecule has 0 saturated carbocycles. The minimum Gasteiger partial charge on any atom is -0.354 e. The number of likely N-dealkylation sites (tertiary alicyclic amines) is 1. The van der Waals surface area contributed by atoms with Gasteiger partial charge in [-0.3, -0.25) is 9.69 Å². The fraction of sp³-hybridized carbons (Fsp3) is 0.462. The van der Waals surface area contributed by atoms with Crippen LogP contribution in [0.3, 0.4) is 0 Å². The second-order valence-electron chi connectivity index (χ2n) is 9.14. The van der Waals surface area contributed by atoms with E-state index in [1.165, 1.54) is 22.6 Å². The van der Waals surface area contributed by atoms with Crippen molar-refractivity contribution in [2.45, 2.75) is 58.8 Å². The Labute approximate surface area is 183 Å². The Kier molecular flexibility index (Phi) is 6.24. The Balaban J connectivity index is 1.65. The van der Waals surface area contributed by atoms with Crippen LogP contribution in [-0.4, -0.2) is 40.3 Å². The van der Waals surface area contributed by atoms with Crippen LogP contribution in [0.1, 0.15) is 68.7 Å².